The lowest BCUT2D eigenvalue weighted by atomic mass is 10.1. The minimum atomic E-state index is -0.329. The molecule has 4 rings (SSSR count). The summed E-state index contributed by atoms with van der Waals surface area (Å²) in [5, 5.41) is 14.3. The number of hydrogen-bond donors (Lipinski definition) is 2. The minimum Gasteiger partial charge on any atom is -0.322 e. The number of anilines is 2. The number of nitrogens with one attached hydrogen (secondary N) is 2. The fourth-order valence-electron chi connectivity index (χ4n) is 3.46. The molecule has 6 nitrogen and oxygen atoms in total. The second kappa shape index (κ2) is 12.7. The van der Waals surface area contributed by atoms with E-state index < -0.39 is 0 Å². The molecule has 6 heteroatoms. The number of aryl methyl sites for hydroxylation is 2. The van der Waals surface area contributed by atoms with Crippen LogP contribution in [0.3, 0.4) is 0 Å². The number of nitrogens with zero attached hydrogens (tertiary/aromatic N) is 2. The number of azo groups is 1. The van der Waals surface area contributed by atoms with Crippen molar-refractivity contribution in [1.82, 2.24) is 0 Å². The molecule has 0 aliphatic rings. The Morgan fingerprint density at radius 2 is 1.18 bits per heavy atom. The largest absolute Gasteiger partial charge is 0.322 e. The Hall–Kier alpha value is -5.10. The molecule has 0 aliphatic heterocycles. The Balaban J connectivity index is 1.52. The summed E-state index contributed by atoms with van der Waals surface area (Å²) >= 11 is 0. The van der Waals surface area contributed by atoms with Gasteiger partial charge in [-0.15, -0.1) is 5.11 Å². The van der Waals surface area contributed by atoms with Gasteiger partial charge in [0.05, 0.1) is 11.4 Å². The molecule has 0 aromatic heterocycles. The van der Waals surface area contributed by atoms with Crippen LogP contribution in [0.4, 0.5) is 22.7 Å². The molecule has 0 saturated carbocycles. The second-order valence-electron chi connectivity index (χ2n) is 8.73. The van der Waals surface area contributed by atoms with Crippen LogP contribution in [-0.2, 0) is 9.59 Å². The first-order chi connectivity index (χ1) is 18.4. The molecule has 0 saturated heterocycles. The fourth-order valence-corrected chi connectivity index (χ4v) is 3.46. The molecular weight excluding hydrogens is 472 g/mol. The smallest absolute Gasteiger partial charge is 0.248 e. The molecule has 188 valence electrons. The van der Waals surface area contributed by atoms with E-state index in [2.05, 4.69) is 20.9 Å². The van der Waals surface area contributed by atoms with Crippen LogP contribution in [0.2, 0.25) is 0 Å². The van der Waals surface area contributed by atoms with Crippen LogP contribution in [0.5, 0.6) is 0 Å². The van der Waals surface area contributed by atoms with Crippen molar-refractivity contribution in [2.24, 2.45) is 10.2 Å². The Morgan fingerprint density at radius 3 is 1.76 bits per heavy atom. The van der Waals surface area contributed by atoms with E-state index in [4.69, 9.17) is 0 Å². The van der Waals surface area contributed by atoms with Gasteiger partial charge in [0.1, 0.15) is 5.69 Å². The molecule has 0 unspecified atom stereocenters. The number of carbonyl (C=O) groups excluding carboxylic acids is 2. The summed E-state index contributed by atoms with van der Waals surface area (Å²) in [6.45, 7) is 4.02. The summed E-state index contributed by atoms with van der Waals surface area (Å²) in [7, 11) is 0. The molecule has 0 bridgehead atoms. The number of hydrogen-bond acceptors (Lipinski definition) is 4. The SMILES string of the molecule is Cc1ccc(/C=C/C(=O)Nc2ccc(N=Nc3ccccc3)c(NC(=O)/C=C/c3ccc(C)cc3)c2)cc1. The molecule has 0 atom stereocenters. The van der Waals surface area contributed by atoms with Crippen LogP contribution in [-0.4, -0.2) is 11.8 Å². The van der Waals surface area contributed by atoms with Crippen molar-refractivity contribution in [3.05, 3.63) is 131 Å². The van der Waals surface area contributed by atoms with Gasteiger partial charge in [0, 0.05) is 17.8 Å². The fraction of sp³-hybridized carbons (Fsp3) is 0.0625. The lowest BCUT2D eigenvalue weighted by molar-refractivity contribution is -0.112. The lowest BCUT2D eigenvalue weighted by Gasteiger charge is -2.09. The Bertz CT molecular complexity index is 1490. The first kappa shape index (κ1) is 26.0. The maximum absolute atomic E-state index is 12.7. The maximum Gasteiger partial charge on any atom is 0.248 e. The summed E-state index contributed by atoms with van der Waals surface area (Å²) in [5.74, 6) is -0.620. The molecule has 4 aromatic rings. The van der Waals surface area contributed by atoms with E-state index in [0.29, 0.717) is 22.7 Å². The minimum absolute atomic E-state index is 0.291. The number of carbonyl (C=O) groups is 2. The Kier molecular flexibility index (Phi) is 8.71. The van der Waals surface area contributed by atoms with Gasteiger partial charge >= 0.3 is 0 Å². The standard InChI is InChI=1S/C32H28N4O2/c1-23-8-12-25(13-9-23)16-20-31(37)33-28-18-19-29(36-35-27-6-4-3-5-7-27)30(22-28)34-32(38)21-17-26-14-10-24(2)11-15-26/h3-22H,1-2H3,(H,33,37)(H,34,38)/b20-16+,21-17+,36-35?. The highest BCUT2D eigenvalue weighted by molar-refractivity contribution is 6.05. The van der Waals surface area contributed by atoms with Gasteiger partial charge in [-0.3, -0.25) is 9.59 Å². The predicted octanol–water partition coefficient (Wildman–Crippen LogP) is 8.02. The highest BCUT2D eigenvalue weighted by Crippen LogP contribution is 2.30. The molecule has 0 aliphatic carbocycles. The van der Waals surface area contributed by atoms with Gasteiger partial charge in [0.2, 0.25) is 11.8 Å². The normalized spacial score (nSPS) is 11.3. The number of rotatable bonds is 8. The van der Waals surface area contributed by atoms with Crippen molar-refractivity contribution in [2.45, 2.75) is 13.8 Å². The molecule has 0 radical (unpaired) electrons. The lowest BCUT2D eigenvalue weighted by Crippen LogP contribution is -2.10. The van der Waals surface area contributed by atoms with Crippen LogP contribution in [0.15, 0.2) is 119 Å². The van der Waals surface area contributed by atoms with Crippen molar-refractivity contribution >= 4 is 46.7 Å². The van der Waals surface area contributed by atoms with Gasteiger partial charge in [-0.25, -0.2) is 0 Å². The van der Waals surface area contributed by atoms with Gasteiger partial charge < -0.3 is 10.6 Å². The topological polar surface area (TPSA) is 82.9 Å². The third kappa shape index (κ3) is 7.96. The summed E-state index contributed by atoms with van der Waals surface area (Å²) in [5.41, 5.74) is 6.21. The zero-order chi connectivity index (χ0) is 26.7. The Labute approximate surface area is 222 Å². The van der Waals surface area contributed by atoms with Crippen molar-refractivity contribution < 1.29 is 9.59 Å². The average Bonchev–Trinajstić information content (AvgIpc) is 2.92. The Morgan fingerprint density at radius 1 is 0.632 bits per heavy atom. The second-order valence-corrected chi connectivity index (χ2v) is 8.73. The van der Waals surface area contributed by atoms with Gasteiger partial charge in [-0.2, -0.15) is 5.11 Å². The maximum atomic E-state index is 12.7. The van der Waals surface area contributed by atoms with Gasteiger partial charge in [-0.05, 0) is 67.5 Å². The van der Waals surface area contributed by atoms with Crippen LogP contribution in [0.1, 0.15) is 22.3 Å². The molecule has 2 N–H and O–H groups in total. The summed E-state index contributed by atoms with van der Waals surface area (Å²) in [6.07, 6.45) is 6.41. The molecule has 38 heavy (non-hydrogen) atoms. The first-order valence-corrected chi connectivity index (χ1v) is 12.2. The number of benzene rings is 4. The van der Waals surface area contributed by atoms with Crippen molar-refractivity contribution in [2.75, 3.05) is 10.6 Å². The predicted molar refractivity (Wildman–Crippen MR) is 155 cm³/mol. The van der Waals surface area contributed by atoms with Crippen LogP contribution in [0, 0.1) is 13.8 Å². The highest BCUT2D eigenvalue weighted by Gasteiger charge is 2.08. The van der Waals surface area contributed by atoms with E-state index in [1.54, 1.807) is 30.4 Å². The van der Waals surface area contributed by atoms with Gasteiger partial charge in [0.15, 0.2) is 0 Å². The quantitative estimate of drug-likeness (QED) is 0.190. The first-order valence-electron chi connectivity index (χ1n) is 12.2. The average molecular weight is 501 g/mol. The van der Waals surface area contributed by atoms with Crippen LogP contribution < -0.4 is 10.6 Å². The summed E-state index contributed by atoms with van der Waals surface area (Å²) in [4.78, 5) is 25.3. The zero-order valence-corrected chi connectivity index (χ0v) is 21.3. The third-order valence-corrected chi connectivity index (χ3v) is 5.56. The molecule has 2 amide bonds. The van der Waals surface area contributed by atoms with Gasteiger partial charge in [0.25, 0.3) is 0 Å². The third-order valence-electron chi connectivity index (χ3n) is 5.56. The van der Waals surface area contributed by atoms with Crippen LogP contribution in [0.25, 0.3) is 12.2 Å². The van der Waals surface area contributed by atoms with E-state index in [-0.39, 0.29) is 11.8 Å². The van der Waals surface area contributed by atoms with Crippen molar-refractivity contribution in [3.63, 3.8) is 0 Å². The molecule has 4 aromatic carbocycles. The summed E-state index contributed by atoms with van der Waals surface area (Å²) in [6, 6.07) is 30.1. The molecule has 0 heterocycles. The van der Waals surface area contributed by atoms with E-state index in [9.17, 15) is 9.59 Å². The van der Waals surface area contributed by atoms with Crippen LogP contribution >= 0.6 is 0 Å². The molecule has 0 spiro atoms. The number of amides is 2. The molecule has 0 fully saturated rings. The monoisotopic (exact) mass is 500 g/mol. The van der Waals surface area contributed by atoms with E-state index in [1.165, 1.54) is 12.2 Å². The zero-order valence-electron chi connectivity index (χ0n) is 21.3. The van der Waals surface area contributed by atoms with E-state index in [0.717, 1.165) is 22.3 Å². The highest BCUT2D eigenvalue weighted by atomic mass is 16.2. The van der Waals surface area contributed by atoms with Crippen molar-refractivity contribution in [1.29, 1.82) is 0 Å². The van der Waals surface area contributed by atoms with Gasteiger partial charge in [-0.1, -0.05) is 77.9 Å². The van der Waals surface area contributed by atoms with Crippen molar-refractivity contribution in [3.8, 4) is 0 Å². The summed E-state index contributed by atoms with van der Waals surface area (Å²) < 4.78 is 0. The molecular formula is C32H28N4O2. The van der Waals surface area contributed by atoms with E-state index >= 15 is 0 Å². The van der Waals surface area contributed by atoms with E-state index in [1.807, 2.05) is 92.7 Å².